The standard InChI is InChI=1S/C16H19NO3/c1-3-16(4-2,15(19)20)12-17-14(18)11-10-13-8-6-5-7-9-13/h5-9H,3-4,12H2,1-2H3,(H,17,18)(H,19,20). The third-order valence-corrected chi connectivity index (χ3v) is 3.49. The first kappa shape index (κ1) is 15.8. The maximum absolute atomic E-state index is 11.6. The van der Waals surface area contributed by atoms with E-state index in [2.05, 4.69) is 17.2 Å². The number of hydrogen-bond acceptors (Lipinski definition) is 2. The highest BCUT2D eigenvalue weighted by Gasteiger charge is 2.34. The van der Waals surface area contributed by atoms with Crippen molar-refractivity contribution in [2.75, 3.05) is 6.54 Å². The Balaban J connectivity index is 2.64. The van der Waals surface area contributed by atoms with E-state index in [-0.39, 0.29) is 6.54 Å². The first-order valence-corrected chi connectivity index (χ1v) is 6.62. The number of carbonyl (C=O) groups is 2. The molecule has 0 spiro atoms. The Morgan fingerprint density at radius 2 is 1.80 bits per heavy atom. The monoisotopic (exact) mass is 273 g/mol. The molecule has 0 aliphatic carbocycles. The van der Waals surface area contributed by atoms with Crippen molar-refractivity contribution in [3.63, 3.8) is 0 Å². The van der Waals surface area contributed by atoms with Gasteiger partial charge in [0.2, 0.25) is 0 Å². The van der Waals surface area contributed by atoms with Gasteiger partial charge in [-0.15, -0.1) is 0 Å². The van der Waals surface area contributed by atoms with Gasteiger partial charge in [-0.3, -0.25) is 9.59 Å². The summed E-state index contributed by atoms with van der Waals surface area (Å²) < 4.78 is 0. The minimum Gasteiger partial charge on any atom is -0.481 e. The SMILES string of the molecule is CCC(CC)(CNC(=O)C#Cc1ccccc1)C(=O)O. The zero-order chi connectivity index (χ0) is 15.0. The second kappa shape index (κ2) is 7.34. The molecular weight excluding hydrogens is 254 g/mol. The Bertz CT molecular complexity index is 522. The van der Waals surface area contributed by atoms with Crippen molar-refractivity contribution in [2.24, 2.45) is 5.41 Å². The molecule has 0 atom stereocenters. The van der Waals surface area contributed by atoms with E-state index in [0.717, 1.165) is 5.56 Å². The van der Waals surface area contributed by atoms with E-state index in [1.807, 2.05) is 18.2 Å². The molecule has 4 heteroatoms. The molecule has 1 aromatic rings. The van der Waals surface area contributed by atoms with E-state index in [9.17, 15) is 14.7 Å². The van der Waals surface area contributed by atoms with Gasteiger partial charge >= 0.3 is 5.97 Å². The van der Waals surface area contributed by atoms with E-state index in [0.29, 0.717) is 12.8 Å². The van der Waals surface area contributed by atoms with Crippen LogP contribution in [-0.2, 0) is 9.59 Å². The molecule has 0 fully saturated rings. The Kier molecular flexibility index (Phi) is 5.79. The van der Waals surface area contributed by atoms with Gasteiger partial charge in [0.25, 0.3) is 5.91 Å². The fourth-order valence-electron chi connectivity index (χ4n) is 1.82. The van der Waals surface area contributed by atoms with Crippen LogP contribution in [0, 0.1) is 17.3 Å². The van der Waals surface area contributed by atoms with E-state index >= 15 is 0 Å². The summed E-state index contributed by atoms with van der Waals surface area (Å²) in [5, 5.41) is 11.8. The first-order chi connectivity index (χ1) is 9.54. The molecule has 1 rings (SSSR count). The molecule has 1 amide bonds. The van der Waals surface area contributed by atoms with Crippen molar-refractivity contribution < 1.29 is 14.7 Å². The van der Waals surface area contributed by atoms with Crippen molar-refractivity contribution in [3.05, 3.63) is 35.9 Å². The van der Waals surface area contributed by atoms with Crippen LogP contribution in [0.4, 0.5) is 0 Å². The number of carboxylic acids is 1. The Hall–Kier alpha value is -2.28. The number of carbonyl (C=O) groups excluding carboxylic acids is 1. The summed E-state index contributed by atoms with van der Waals surface area (Å²) in [7, 11) is 0. The summed E-state index contributed by atoms with van der Waals surface area (Å²) in [6.45, 7) is 3.70. The second-order valence-electron chi connectivity index (χ2n) is 4.59. The van der Waals surface area contributed by atoms with E-state index in [1.54, 1.807) is 26.0 Å². The summed E-state index contributed by atoms with van der Waals surface area (Å²) in [5.41, 5.74) is -0.164. The van der Waals surface area contributed by atoms with Crippen molar-refractivity contribution in [3.8, 4) is 11.8 Å². The zero-order valence-electron chi connectivity index (χ0n) is 11.8. The molecule has 0 heterocycles. The van der Waals surface area contributed by atoms with Gasteiger partial charge in [0.15, 0.2) is 0 Å². The molecule has 106 valence electrons. The quantitative estimate of drug-likeness (QED) is 0.807. The predicted molar refractivity (Wildman–Crippen MR) is 77.0 cm³/mol. The van der Waals surface area contributed by atoms with E-state index in [4.69, 9.17) is 0 Å². The number of rotatable bonds is 5. The first-order valence-electron chi connectivity index (χ1n) is 6.62. The van der Waals surface area contributed by atoms with Crippen molar-refractivity contribution in [1.82, 2.24) is 5.32 Å². The molecule has 0 aromatic heterocycles. The molecule has 0 bridgehead atoms. The topological polar surface area (TPSA) is 66.4 Å². The molecule has 0 aliphatic heterocycles. The summed E-state index contributed by atoms with van der Waals surface area (Å²) in [4.78, 5) is 22.9. The average Bonchev–Trinajstić information content (AvgIpc) is 2.47. The smallest absolute Gasteiger partial charge is 0.311 e. The second-order valence-corrected chi connectivity index (χ2v) is 4.59. The minimum absolute atomic E-state index is 0.0949. The number of amides is 1. The lowest BCUT2D eigenvalue weighted by atomic mass is 9.82. The van der Waals surface area contributed by atoms with Gasteiger partial charge in [-0.1, -0.05) is 38.0 Å². The summed E-state index contributed by atoms with van der Waals surface area (Å²) >= 11 is 0. The van der Waals surface area contributed by atoms with Crippen LogP contribution in [0.1, 0.15) is 32.3 Å². The van der Waals surface area contributed by atoms with Crippen LogP contribution in [0.5, 0.6) is 0 Å². The fraction of sp³-hybridized carbons (Fsp3) is 0.375. The number of carboxylic acid groups (broad SMARTS) is 1. The summed E-state index contributed by atoms with van der Waals surface area (Å²) in [5.74, 6) is 3.86. The maximum Gasteiger partial charge on any atom is 0.311 e. The van der Waals surface area contributed by atoms with Gasteiger partial charge in [-0.25, -0.2) is 0 Å². The number of aliphatic carboxylic acids is 1. The molecular formula is C16H19NO3. The number of benzene rings is 1. The van der Waals surface area contributed by atoms with Gasteiger partial charge in [0, 0.05) is 18.0 Å². The summed E-state index contributed by atoms with van der Waals surface area (Å²) in [6.07, 6.45) is 0.927. The maximum atomic E-state index is 11.6. The van der Waals surface area contributed by atoms with Crippen LogP contribution in [0.3, 0.4) is 0 Å². The predicted octanol–water partition coefficient (Wildman–Crippen LogP) is 2.05. The van der Waals surface area contributed by atoms with Crippen LogP contribution in [0.2, 0.25) is 0 Å². The molecule has 0 saturated carbocycles. The van der Waals surface area contributed by atoms with Crippen LogP contribution in [-0.4, -0.2) is 23.5 Å². The van der Waals surface area contributed by atoms with Crippen LogP contribution < -0.4 is 5.32 Å². The molecule has 20 heavy (non-hydrogen) atoms. The lowest BCUT2D eigenvalue weighted by Gasteiger charge is -2.26. The van der Waals surface area contributed by atoms with Crippen LogP contribution >= 0.6 is 0 Å². The normalized spacial score (nSPS) is 10.3. The molecule has 1 aromatic carbocycles. The third kappa shape index (κ3) is 4.13. The summed E-state index contributed by atoms with van der Waals surface area (Å²) in [6, 6.07) is 9.16. The number of nitrogens with one attached hydrogen (secondary N) is 1. The van der Waals surface area contributed by atoms with Gasteiger partial charge in [-0.05, 0) is 25.0 Å². The third-order valence-electron chi connectivity index (χ3n) is 3.49. The molecule has 0 saturated heterocycles. The highest BCUT2D eigenvalue weighted by Crippen LogP contribution is 2.25. The largest absolute Gasteiger partial charge is 0.481 e. The Labute approximate surface area is 119 Å². The van der Waals surface area contributed by atoms with Crippen molar-refractivity contribution in [2.45, 2.75) is 26.7 Å². The van der Waals surface area contributed by atoms with Gasteiger partial charge in [0.1, 0.15) is 0 Å². The number of hydrogen-bond donors (Lipinski definition) is 2. The molecule has 0 aliphatic rings. The van der Waals surface area contributed by atoms with Crippen LogP contribution in [0.15, 0.2) is 30.3 Å². The van der Waals surface area contributed by atoms with Crippen molar-refractivity contribution in [1.29, 1.82) is 0 Å². The molecule has 0 unspecified atom stereocenters. The lowest BCUT2D eigenvalue weighted by molar-refractivity contribution is -0.149. The van der Waals surface area contributed by atoms with Crippen LogP contribution in [0.25, 0.3) is 0 Å². The van der Waals surface area contributed by atoms with Crippen molar-refractivity contribution >= 4 is 11.9 Å². The fourth-order valence-corrected chi connectivity index (χ4v) is 1.82. The zero-order valence-corrected chi connectivity index (χ0v) is 11.8. The Morgan fingerprint density at radius 3 is 2.30 bits per heavy atom. The molecule has 0 radical (unpaired) electrons. The average molecular weight is 273 g/mol. The highest BCUT2D eigenvalue weighted by atomic mass is 16.4. The van der Waals surface area contributed by atoms with Gasteiger partial charge in [-0.2, -0.15) is 0 Å². The van der Waals surface area contributed by atoms with E-state index in [1.165, 1.54) is 0 Å². The van der Waals surface area contributed by atoms with E-state index < -0.39 is 17.3 Å². The van der Waals surface area contributed by atoms with Gasteiger partial charge in [0.05, 0.1) is 5.41 Å². The molecule has 2 N–H and O–H groups in total. The molecule has 4 nitrogen and oxygen atoms in total. The lowest BCUT2D eigenvalue weighted by Crippen LogP contribution is -2.42. The minimum atomic E-state index is -0.913. The highest BCUT2D eigenvalue weighted by molar-refractivity contribution is 5.94. The van der Waals surface area contributed by atoms with Gasteiger partial charge < -0.3 is 10.4 Å². The Morgan fingerprint density at radius 1 is 1.20 bits per heavy atom.